The molecule has 1 aliphatic rings. The summed E-state index contributed by atoms with van der Waals surface area (Å²) < 4.78 is 14.9. The average Bonchev–Trinajstić information content (AvgIpc) is 3.23. The van der Waals surface area contributed by atoms with Gasteiger partial charge in [0.25, 0.3) is 0 Å². The number of halogens is 1. The molecule has 0 spiro atoms. The summed E-state index contributed by atoms with van der Waals surface area (Å²) in [6, 6.07) is 4.34. The van der Waals surface area contributed by atoms with Crippen molar-refractivity contribution < 1.29 is 9.18 Å². The van der Waals surface area contributed by atoms with E-state index in [4.69, 9.17) is 0 Å². The van der Waals surface area contributed by atoms with E-state index < -0.39 is 0 Å². The Bertz CT molecular complexity index is 859. The molecule has 1 fully saturated rings. The fourth-order valence-electron chi connectivity index (χ4n) is 3.22. The number of aromatic amines is 1. The Balaban J connectivity index is 1.61. The first-order chi connectivity index (χ1) is 11.7. The molecule has 4 rings (SSSR count). The molecule has 0 aliphatic carbocycles. The van der Waals surface area contributed by atoms with Gasteiger partial charge in [0.15, 0.2) is 0 Å². The van der Waals surface area contributed by atoms with Gasteiger partial charge in [0.2, 0.25) is 5.91 Å². The quantitative estimate of drug-likeness (QED) is 0.798. The van der Waals surface area contributed by atoms with Crippen molar-refractivity contribution >= 4 is 16.9 Å². The Morgan fingerprint density at radius 2 is 2.29 bits per heavy atom. The van der Waals surface area contributed by atoms with E-state index in [0.29, 0.717) is 23.4 Å². The van der Waals surface area contributed by atoms with Crippen molar-refractivity contribution in [2.75, 3.05) is 6.54 Å². The number of benzene rings is 1. The summed E-state index contributed by atoms with van der Waals surface area (Å²) in [5.74, 6) is 0.388. The Morgan fingerprint density at radius 1 is 1.38 bits per heavy atom. The van der Waals surface area contributed by atoms with Crippen LogP contribution in [-0.4, -0.2) is 42.1 Å². The number of nitrogens with zero attached hydrogens (tertiary/aromatic N) is 5. The van der Waals surface area contributed by atoms with Crippen LogP contribution in [-0.2, 0) is 11.3 Å². The van der Waals surface area contributed by atoms with Crippen LogP contribution in [0.2, 0.25) is 0 Å². The maximum atomic E-state index is 13.4. The summed E-state index contributed by atoms with van der Waals surface area (Å²) in [4.78, 5) is 26.1. The Labute approximate surface area is 137 Å². The maximum Gasteiger partial charge on any atom is 0.244 e. The number of rotatable bonds is 3. The van der Waals surface area contributed by atoms with Crippen molar-refractivity contribution in [3.8, 4) is 0 Å². The number of aromatic nitrogens is 5. The highest BCUT2D eigenvalue weighted by molar-refractivity contribution is 5.77. The summed E-state index contributed by atoms with van der Waals surface area (Å²) in [6.45, 7) is 0.842. The fraction of sp³-hybridized carbons (Fsp3) is 0.375. The van der Waals surface area contributed by atoms with Crippen molar-refractivity contribution in [3.05, 3.63) is 42.5 Å². The lowest BCUT2D eigenvalue weighted by molar-refractivity contribution is -0.136. The second-order valence-corrected chi connectivity index (χ2v) is 5.98. The number of likely N-dealkylation sites (tertiary alicyclic amines) is 1. The summed E-state index contributed by atoms with van der Waals surface area (Å²) in [5.41, 5.74) is 1.36. The van der Waals surface area contributed by atoms with Gasteiger partial charge in [-0.2, -0.15) is 5.10 Å². The van der Waals surface area contributed by atoms with E-state index in [9.17, 15) is 9.18 Å². The van der Waals surface area contributed by atoms with Crippen molar-refractivity contribution in [2.45, 2.75) is 31.8 Å². The monoisotopic (exact) mass is 328 g/mol. The molecule has 7 nitrogen and oxygen atoms in total. The number of carbonyl (C=O) groups is 1. The van der Waals surface area contributed by atoms with Crippen LogP contribution in [0.5, 0.6) is 0 Å². The van der Waals surface area contributed by atoms with Crippen LogP contribution in [0.3, 0.4) is 0 Å². The highest BCUT2D eigenvalue weighted by atomic mass is 19.1. The number of carbonyl (C=O) groups excluding carboxylic acids is 1. The van der Waals surface area contributed by atoms with Crippen LogP contribution in [0.25, 0.3) is 11.0 Å². The summed E-state index contributed by atoms with van der Waals surface area (Å²) in [6.07, 6.45) is 5.78. The average molecular weight is 328 g/mol. The zero-order chi connectivity index (χ0) is 16.5. The number of hydrogen-bond donors (Lipinski definition) is 1. The SMILES string of the molecule is O=C(Cn1cncn1)N1CCCCC1c1nc2ccc(F)cc2[nH]1. The topological polar surface area (TPSA) is 79.7 Å². The minimum absolute atomic E-state index is 0.0168. The van der Waals surface area contributed by atoms with E-state index in [1.165, 1.54) is 29.5 Å². The lowest BCUT2D eigenvalue weighted by atomic mass is 10.0. The van der Waals surface area contributed by atoms with Crippen molar-refractivity contribution in [2.24, 2.45) is 0 Å². The fourth-order valence-corrected chi connectivity index (χ4v) is 3.22. The third kappa shape index (κ3) is 2.75. The number of fused-ring (bicyclic) bond motifs is 1. The number of H-pyrrole nitrogens is 1. The first-order valence-corrected chi connectivity index (χ1v) is 7.98. The zero-order valence-corrected chi connectivity index (χ0v) is 13.0. The van der Waals surface area contributed by atoms with Crippen LogP contribution < -0.4 is 0 Å². The first-order valence-electron chi connectivity index (χ1n) is 7.98. The molecule has 8 heteroatoms. The van der Waals surface area contributed by atoms with Crippen LogP contribution >= 0.6 is 0 Å². The van der Waals surface area contributed by atoms with Gasteiger partial charge in [0.05, 0.1) is 17.1 Å². The van der Waals surface area contributed by atoms with Crippen molar-refractivity contribution in [1.82, 2.24) is 29.6 Å². The number of imidazole rings is 1. The number of piperidine rings is 1. The van der Waals surface area contributed by atoms with Crippen LogP contribution in [0.15, 0.2) is 30.9 Å². The molecule has 1 aliphatic heterocycles. The predicted octanol–water partition coefficient (Wildman–Crippen LogP) is 2.05. The van der Waals surface area contributed by atoms with Gasteiger partial charge < -0.3 is 9.88 Å². The third-order valence-corrected chi connectivity index (χ3v) is 4.36. The Hall–Kier alpha value is -2.77. The largest absolute Gasteiger partial charge is 0.340 e. The second kappa shape index (κ2) is 6.03. The Kier molecular flexibility index (Phi) is 3.72. The highest BCUT2D eigenvalue weighted by Gasteiger charge is 2.30. The van der Waals surface area contributed by atoms with Gasteiger partial charge in [0.1, 0.15) is 30.8 Å². The molecule has 0 bridgehead atoms. The Morgan fingerprint density at radius 3 is 3.12 bits per heavy atom. The van der Waals surface area contributed by atoms with Crippen molar-refractivity contribution in [1.29, 1.82) is 0 Å². The molecule has 1 unspecified atom stereocenters. The molecule has 1 atom stereocenters. The first kappa shape index (κ1) is 14.8. The van der Waals surface area contributed by atoms with Gasteiger partial charge >= 0.3 is 0 Å². The van der Waals surface area contributed by atoms with Gasteiger partial charge in [-0.3, -0.25) is 4.79 Å². The molecular weight excluding hydrogens is 311 g/mol. The van der Waals surface area contributed by atoms with E-state index >= 15 is 0 Å². The molecule has 1 N–H and O–H groups in total. The molecule has 1 saturated heterocycles. The highest BCUT2D eigenvalue weighted by Crippen LogP contribution is 2.30. The maximum absolute atomic E-state index is 13.4. The lowest BCUT2D eigenvalue weighted by Gasteiger charge is -2.34. The van der Waals surface area contributed by atoms with Gasteiger partial charge in [-0.05, 0) is 37.5 Å². The van der Waals surface area contributed by atoms with Gasteiger partial charge in [-0.25, -0.2) is 19.0 Å². The molecule has 3 aromatic rings. The summed E-state index contributed by atoms with van der Waals surface area (Å²) in [7, 11) is 0. The van der Waals surface area contributed by atoms with Crippen molar-refractivity contribution in [3.63, 3.8) is 0 Å². The molecule has 24 heavy (non-hydrogen) atoms. The van der Waals surface area contributed by atoms with Crippen LogP contribution in [0, 0.1) is 5.82 Å². The van der Waals surface area contributed by atoms with Crippen LogP contribution in [0.1, 0.15) is 31.1 Å². The lowest BCUT2D eigenvalue weighted by Crippen LogP contribution is -2.40. The minimum atomic E-state index is -0.305. The molecular formula is C16H17FN6O. The smallest absolute Gasteiger partial charge is 0.244 e. The number of nitrogens with one attached hydrogen (secondary N) is 1. The predicted molar refractivity (Wildman–Crippen MR) is 84.4 cm³/mol. The number of hydrogen-bond acceptors (Lipinski definition) is 4. The standard InChI is InChI=1S/C16H17FN6O/c17-11-4-5-12-13(7-11)21-16(20-12)14-3-1-2-6-23(14)15(24)8-22-10-18-9-19-22/h4-5,7,9-10,14H,1-3,6,8H2,(H,20,21). The molecule has 2 aromatic heterocycles. The molecule has 0 radical (unpaired) electrons. The van der Waals surface area contributed by atoms with Crippen LogP contribution in [0.4, 0.5) is 4.39 Å². The zero-order valence-electron chi connectivity index (χ0n) is 13.0. The number of amides is 1. The normalized spacial score (nSPS) is 18.2. The molecule has 1 aromatic carbocycles. The van der Waals surface area contributed by atoms with E-state index in [0.717, 1.165) is 19.3 Å². The molecule has 0 saturated carbocycles. The molecule has 3 heterocycles. The molecule has 124 valence electrons. The van der Waals surface area contributed by atoms with E-state index in [-0.39, 0.29) is 24.3 Å². The second-order valence-electron chi connectivity index (χ2n) is 5.98. The minimum Gasteiger partial charge on any atom is -0.340 e. The van der Waals surface area contributed by atoms with E-state index in [2.05, 4.69) is 20.1 Å². The summed E-state index contributed by atoms with van der Waals surface area (Å²) >= 11 is 0. The molecule has 1 amide bonds. The van der Waals surface area contributed by atoms with Gasteiger partial charge in [-0.15, -0.1) is 0 Å². The van der Waals surface area contributed by atoms with Gasteiger partial charge in [-0.1, -0.05) is 0 Å². The third-order valence-electron chi connectivity index (χ3n) is 4.36. The van der Waals surface area contributed by atoms with E-state index in [1.54, 1.807) is 6.07 Å². The van der Waals surface area contributed by atoms with E-state index in [1.807, 2.05) is 4.90 Å². The van der Waals surface area contributed by atoms with Gasteiger partial charge in [0, 0.05) is 6.54 Å². The summed E-state index contributed by atoms with van der Waals surface area (Å²) in [5, 5.41) is 3.99.